The standard InChI is InChI=1S/C24H22N2O2/c1-3-26(4-2)21-13-9-17(10-14-21)15-22-24(27)28-23(25-22)20-12-11-18-7-5-6-8-19(18)16-20/h5-16H,3-4H2,1-2H3/b22-15-. The van der Waals surface area contributed by atoms with Crippen molar-refractivity contribution in [2.24, 2.45) is 4.99 Å². The number of nitrogens with zero attached hydrogens (tertiary/aromatic N) is 2. The van der Waals surface area contributed by atoms with Gasteiger partial charge in [-0.2, -0.15) is 0 Å². The van der Waals surface area contributed by atoms with Crippen molar-refractivity contribution in [3.8, 4) is 0 Å². The molecule has 0 N–H and O–H groups in total. The Kier molecular flexibility index (Phi) is 4.94. The molecule has 0 aliphatic carbocycles. The highest BCUT2D eigenvalue weighted by atomic mass is 16.6. The number of aliphatic imine (C=N–C) groups is 1. The first kappa shape index (κ1) is 18.0. The zero-order chi connectivity index (χ0) is 19.5. The first-order chi connectivity index (χ1) is 13.7. The first-order valence-electron chi connectivity index (χ1n) is 9.54. The van der Waals surface area contributed by atoms with Crippen LogP contribution in [0.4, 0.5) is 5.69 Å². The maximum Gasteiger partial charge on any atom is 0.363 e. The van der Waals surface area contributed by atoms with Crippen molar-refractivity contribution in [3.05, 3.63) is 83.6 Å². The van der Waals surface area contributed by atoms with Crippen molar-refractivity contribution in [2.45, 2.75) is 13.8 Å². The van der Waals surface area contributed by atoms with Gasteiger partial charge in [-0.3, -0.25) is 0 Å². The second kappa shape index (κ2) is 7.69. The van der Waals surface area contributed by atoms with Crippen molar-refractivity contribution < 1.29 is 9.53 Å². The van der Waals surface area contributed by atoms with E-state index in [1.54, 1.807) is 6.08 Å². The lowest BCUT2D eigenvalue weighted by Gasteiger charge is -2.20. The molecule has 4 nitrogen and oxygen atoms in total. The summed E-state index contributed by atoms with van der Waals surface area (Å²) in [5.74, 6) is -0.0715. The predicted octanol–water partition coefficient (Wildman–Crippen LogP) is 5.03. The number of fused-ring (bicyclic) bond motifs is 1. The quantitative estimate of drug-likeness (QED) is 0.467. The Balaban J connectivity index is 1.61. The third-order valence-electron chi connectivity index (χ3n) is 4.94. The number of carbonyl (C=O) groups excluding carboxylic acids is 1. The van der Waals surface area contributed by atoms with Gasteiger partial charge in [0.05, 0.1) is 0 Å². The number of ether oxygens (including phenoxy) is 1. The van der Waals surface area contributed by atoms with E-state index in [1.165, 1.54) is 5.69 Å². The third-order valence-corrected chi connectivity index (χ3v) is 4.94. The average Bonchev–Trinajstić information content (AvgIpc) is 3.10. The number of hydrogen-bond acceptors (Lipinski definition) is 4. The van der Waals surface area contributed by atoms with Gasteiger partial charge in [-0.15, -0.1) is 0 Å². The zero-order valence-electron chi connectivity index (χ0n) is 16.1. The second-order valence-electron chi connectivity index (χ2n) is 6.66. The molecule has 0 aromatic heterocycles. The molecule has 0 radical (unpaired) electrons. The summed E-state index contributed by atoms with van der Waals surface area (Å²) in [5, 5.41) is 2.23. The minimum Gasteiger partial charge on any atom is -0.402 e. The number of hydrogen-bond donors (Lipinski definition) is 0. The van der Waals surface area contributed by atoms with Crippen LogP contribution in [0.15, 0.2) is 77.4 Å². The van der Waals surface area contributed by atoms with Crippen LogP contribution in [0.5, 0.6) is 0 Å². The molecule has 0 unspecified atom stereocenters. The van der Waals surface area contributed by atoms with E-state index in [1.807, 2.05) is 48.5 Å². The van der Waals surface area contributed by atoms with Crippen LogP contribution in [0.25, 0.3) is 16.8 Å². The largest absolute Gasteiger partial charge is 0.402 e. The number of anilines is 1. The lowest BCUT2D eigenvalue weighted by molar-refractivity contribution is -0.129. The highest BCUT2D eigenvalue weighted by Crippen LogP contribution is 2.23. The molecule has 140 valence electrons. The normalized spacial score (nSPS) is 15.0. The third kappa shape index (κ3) is 3.54. The molecule has 0 bridgehead atoms. The molecule has 3 aromatic rings. The maximum atomic E-state index is 12.3. The van der Waals surface area contributed by atoms with E-state index >= 15 is 0 Å². The van der Waals surface area contributed by atoms with Gasteiger partial charge >= 0.3 is 5.97 Å². The SMILES string of the molecule is CCN(CC)c1ccc(/C=C2\N=C(c3ccc4ccccc4c3)OC2=O)cc1. The number of rotatable bonds is 5. The van der Waals surface area contributed by atoms with Crippen LogP contribution in [-0.2, 0) is 9.53 Å². The summed E-state index contributed by atoms with van der Waals surface area (Å²) < 4.78 is 5.41. The molecule has 0 saturated heterocycles. The van der Waals surface area contributed by atoms with Gasteiger partial charge in [-0.25, -0.2) is 9.79 Å². The maximum absolute atomic E-state index is 12.3. The molecule has 28 heavy (non-hydrogen) atoms. The molecular weight excluding hydrogens is 348 g/mol. The van der Waals surface area contributed by atoms with Crippen LogP contribution in [0.2, 0.25) is 0 Å². The average molecular weight is 370 g/mol. The Morgan fingerprint density at radius 2 is 1.64 bits per heavy atom. The summed E-state index contributed by atoms with van der Waals surface area (Å²) in [6, 6.07) is 22.1. The number of cyclic esters (lactones) is 1. The number of benzene rings is 3. The number of carbonyl (C=O) groups is 1. The van der Waals surface area contributed by atoms with Crippen molar-refractivity contribution in [3.63, 3.8) is 0 Å². The highest BCUT2D eigenvalue weighted by Gasteiger charge is 2.24. The predicted molar refractivity (Wildman–Crippen MR) is 115 cm³/mol. The van der Waals surface area contributed by atoms with Crippen molar-refractivity contribution in [1.29, 1.82) is 0 Å². The zero-order valence-corrected chi connectivity index (χ0v) is 16.1. The summed E-state index contributed by atoms with van der Waals surface area (Å²) in [4.78, 5) is 19.0. The van der Waals surface area contributed by atoms with Gasteiger partial charge in [-0.05, 0) is 60.5 Å². The minimum absolute atomic E-state index is 0.318. The molecule has 0 fully saturated rings. The van der Waals surface area contributed by atoms with Crippen molar-refractivity contribution >= 4 is 34.4 Å². The first-order valence-corrected chi connectivity index (χ1v) is 9.54. The van der Waals surface area contributed by atoms with E-state index < -0.39 is 5.97 Å². The van der Waals surface area contributed by atoms with Crippen LogP contribution >= 0.6 is 0 Å². The molecule has 4 heteroatoms. The van der Waals surface area contributed by atoms with Gasteiger partial charge in [0.25, 0.3) is 0 Å². The fraction of sp³-hybridized carbons (Fsp3) is 0.167. The molecule has 0 amide bonds. The Hall–Kier alpha value is -3.40. The topological polar surface area (TPSA) is 41.9 Å². The minimum atomic E-state index is -0.420. The lowest BCUT2D eigenvalue weighted by Crippen LogP contribution is -2.21. The molecule has 1 heterocycles. The van der Waals surface area contributed by atoms with Crippen LogP contribution in [0.3, 0.4) is 0 Å². The van der Waals surface area contributed by atoms with Gasteiger partial charge in [0.1, 0.15) is 0 Å². The Labute approximate surface area is 164 Å². The molecule has 0 spiro atoms. The summed E-state index contributed by atoms with van der Waals surface area (Å²) in [5.41, 5.74) is 3.21. The van der Waals surface area contributed by atoms with Gasteiger partial charge in [-0.1, -0.05) is 42.5 Å². The smallest absolute Gasteiger partial charge is 0.363 e. The van der Waals surface area contributed by atoms with Crippen LogP contribution in [-0.4, -0.2) is 25.0 Å². The summed E-state index contributed by atoms with van der Waals surface area (Å²) in [6.45, 7) is 6.19. The monoisotopic (exact) mass is 370 g/mol. The number of esters is 1. The Morgan fingerprint density at radius 3 is 2.36 bits per heavy atom. The molecule has 0 atom stereocenters. The molecular formula is C24H22N2O2. The van der Waals surface area contributed by atoms with Crippen molar-refractivity contribution in [1.82, 2.24) is 0 Å². The molecule has 4 rings (SSSR count). The fourth-order valence-corrected chi connectivity index (χ4v) is 3.38. The van der Waals surface area contributed by atoms with Gasteiger partial charge < -0.3 is 9.64 Å². The van der Waals surface area contributed by atoms with E-state index in [9.17, 15) is 4.79 Å². The fourth-order valence-electron chi connectivity index (χ4n) is 3.38. The molecule has 0 saturated carbocycles. The van der Waals surface area contributed by atoms with Crippen LogP contribution in [0.1, 0.15) is 25.0 Å². The molecule has 3 aromatic carbocycles. The van der Waals surface area contributed by atoms with E-state index in [4.69, 9.17) is 4.74 Å². The lowest BCUT2D eigenvalue weighted by atomic mass is 10.1. The second-order valence-corrected chi connectivity index (χ2v) is 6.66. The van der Waals surface area contributed by atoms with Crippen LogP contribution in [0, 0.1) is 0 Å². The molecule has 1 aliphatic rings. The summed E-state index contributed by atoms with van der Waals surface area (Å²) in [6.07, 6.45) is 1.77. The van der Waals surface area contributed by atoms with Crippen molar-refractivity contribution in [2.75, 3.05) is 18.0 Å². The van der Waals surface area contributed by atoms with E-state index in [0.717, 1.165) is 35.0 Å². The Bertz CT molecular complexity index is 1080. The van der Waals surface area contributed by atoms with E-state index in [0.29, 0.717) is 11.6 Å². The van der Waals surface area contributed by atoms with Gasteiger partial charge in [0.2, 0.25) is 5.90 Å². The van der Waals surface area contributed by atoms with E-state index in [-0.39, 0.29) is 0 Å². The Morgan fingerprint density at radius 1 is 0.929 bits per heavy atom. The summed E-state index contributed by atoms with van der Waals surface area (Å²) in [7, 11) is 0. The van der Waals surface area contributed by atoms with Gasteiger partial charge in [0.15, 0.2) is 5.70 Å². The summed E-state index contributed by atoms with van der Waals surface area (Å²) >= 11 is 0. The van der Waals surface area contributed by atoms with Crippen LogP contribution < -0.4 is 4.90 Å². The highest BCUT2D eigenvalue weighted by molar-refractivity contribution is 6.13. The van der Waals surface area contributed by atoms with E-state index in [2.05, 4.69) is 41.9 Å². The molecule has 1 aliphatic heterocycles. The van der Waals surface area contributed by atoms with Gasteiger partial charge in [0, 0.05) is 24.3 Å².